The van der Waals surface area contributed by atoms with Gasteiger partial charge in [0.25, 0.3) is 0 Å². The number of amides is 1. The predicted molar refractivity (Wildman–Crippen MR) is 82.4 cm³/mol. The molecule has 0 radical (unpaired) electrons. The second-order valence-corrected chi connectivity index (χ2v) is 5.67. The first-order valence-corrected chi connectivity index (χ1v) is 7.49. The lowest BCUT2D eigenvalue weighted by molar-refractivity contribution is -0.119. The van der Waals surface area contributed by atoms with Gasteiger partial charge < -0.3 is 16.4 Å². The van der Waals surface area contributed by atoms with E-state index in [1.165, 1.54) is 11.3 Å². The summed E-state index contributed by atoms with van der Waals surface area (Å²) in [7, 11) is 0. The minimum absolute atomic E-state index is 0.0922. The first-order chi connectivity index (χ1) is 9.61. The van der Waals surface area contributed by atoms with E-state index in [9.17, 15) is 4.79 Å². The number of nitrogens with zero attached hydrogens (tertiary/aromatic N) is 1. The normalized spacial score (nSPS) is 18.0. The summed E-state index contributed by atoms with van der Waals surface area (Å²) >= 11 is 0. The first kappa shape index (κ1) is 14.9. The van der Waals surface area contributed by atoms with Crippen LogP contribution in [0.1, 0.15) is 44.2 Å². The molecule has 1 aliphatic heterocycles. The van der Waals surface area contributed by atoms with Crippen molar-refractivity contribution in [3.05, 3.63) is 29.8 Å². The highest BCUT2D eigenvalue weighted by Crippen LogP contribution is 2.30. The van der Waals surface area contributed by atoms with Gasteiger partial charge in [0.1, 0.15) is 0 Å². The minimum atomic E-state index is -0.183. The van der Waals surface area contributed by atoms with Crippen LogP contribution in [0.15, 0.2) is 24.3 Å². The summed E-state index contributed by atoms with van der Waals surface area (Å²) in [5, 5.41) is 0. The molecular formula is C16H25N3O. The Morgan fingerprint density at radius 1 is 1.35 bits per heavy atom. The Morgan fingerprint density at radius 2 is 2.00 bits per heavy atom. The smallest absolute Gasteiger partial charge is 0.217 e. The average Bonchev–Trinajstić information content (AvgIpc) is 2.46. The number of anilines is 1. The summed E-state index contributed by atoms with van der Waals surface area (Å²) in [6.45, 7) is 4.07. The van der Waals surface area contributed by atoms with Gasteiger partial charge in [-0.25, -0.2) is 0 Å². The molecule has 1 aromatic carbocycles. The van der Waals surface area contributed by atoms with Gasteiger partial charge in [0.05, 0.1) is 0 Å². The maximum Gasteiger partial charge on any atom is 0.217 e. The van der Waals surface area contributed by atoms with Crippen LogP contribution in [-0.4, -0.2) is 19.0 Å². The number of carbonyl (C=O) groups excluding carboxylic acids is 1. The summed E-state index contributed by atoms with van der Waals surface area (Å²) in [6, 6.07) is 8.48. The topological polar surface area (TPSA) is 72.3 Å². The Kier molecular flexibility index (Phi) is 5.01. The summed E-state index contributed by atoms with van der Waals surface area (Å²) in [6.07, 6.45) is 3.51. The zero-order chi connectivity index (χ0) is 14.5. The van der Waals surface area contributed by atoms with Gasteiger partial charge in [-0.1, -0.05) is 25.1 Å². The number of piperidine rings is 1. The van der Waals surface area contributed by atoms with Crippen molar-refractivity contribution in [1.82, 2.24) is 0 Å². The first-order valence-electron chi connectivity index (χ1n) is 7.49. The van der Waals surface area contributed by atoms with E-state index in [4.69, 9.17) is 11.5 Å². The predicted octanol–water partition coefficient (Wildman–Crippen LogP) is 2.19. The molecule has 4 nitrogen and oxygen atoms in total. The van der Waals surface area contributed by atoms with E-state index >= 15 is 0 Å². The van der Waals surface area contributed by atoms with Crippen LogP contribution in [0.25, 0.3) is 0 Å². The Hall–Kier alpha value is -1.55. The van der Waals surface area contributed by atoms with E-state index in [0.29, 0.717) is 12.3 Å². The van der Waals surface area contributed by atoms with E-state index in [1.54, 1.807) is 0 Å². The highest BCUT2D eigenvalue weighted by molar-refractivity contribution is 5.74. The van der Waals surface area contributed by atoms with Crippen molar-refractivity contribution in [1.29, 1.82) is 0 Å². The minimum Gasteiger partial charge on any atom is -0.371 e. The van der Waals surface area contributed by atoms with Gasteiger partial charge >= 0.3 is 0 Å². The molecule has 1 heterocycles. The number of hydrogen-bond acceptors (Lipinski definition) is 3. The summed E-state index contributed by atoms with van der Waals surface area (Å²) in [5.74, 6) is 0.257. The molecule has 0 aliphatic carbocycles. The molecule has 4 heteroatoms. The summed E-state index contributed by atoms with van der Waals surface area (Å²) in [4.78, 5) is 13.4. The molecule has 20 heavy (non-hydrogen) atoms. The molecule has 0 unspecified atom stereocenters. The second kappa shape index (κ2) is 6.75. The fourth-order valence-electron chi connectivity index (χ4n) is 2.97. The third-order valence-electron chi connectivity index (χ3n) is 4.22. The third kappa shape index (κ3) is 3.51. The van der Waals surface area contributed by atoms with Gasteiger partial charge in [-0.2, -0.15) is 0 Å². The molecule has 0 bridgehead atoms. The maximum absolute atomic E-state index is 11.0. The van der Waals surface area contributed by atoms with Crippen LogP contribution < -0.4 is 16.4 Å². The van der Waals surface area contributed by atoms with Crippen molar-refractivity contribution >= 4 is 11.6 Å². The number of benzene rings is 1. The lowest BCUT2D eigenvalue weighted by Gasteiger charge is -2.35. The fraction of sp³-hybridized carbons (Fsp3) is 0.562. The molecule has 110 valence electrons. The lowest BCUT2D eigenvalue weighted by Crippen LogP contribution is -2.36. The Morgan fingerprint density at radius 3 is 2.60 bits per heavy atom. The molecule has 0 aromatic heterocycles. The number of para-hydroxylation sites is 1. The molecule has 1 saturated heterocycles. The molecule has 2 rings (SSSR count). The van der Waals surface area contributed by atoms with Crippen molar-refractivity contribution in [3.63, 3.8) is 0 Å². The monoisotopic (exact) mass is 275 g/mol. The second-order valence-electron chi connectivity index (χ2n) is 5.67. The van der Waals surface area contributed by atoms with Gasteiger partial charge in [-0.15, -0.1) is 0 Å². The number of nitrogens with two attached hydrogens (primary N) is 2. The van der Waals surface area contributed by atoms with Crippen LogP contribution in [0.4, 0.5) is 5.69 Å². The molecule has 1 atom stereocenters. The van der Waals surface area contributed by atoms with Crippen molar-refractivity contribution < 1.29 is 4.79 Å². The molecule has 1 aromatic rings. The largest absolute Gasteiger partial charge is 0.371 e. The SMILES string of the molecule is CC[C@@H](N)c1ccccc1N1CCC(CC(N)=O)CC1. The zero-order valence-corrected chi connectivity index (χ0v) is 12.2. The van der Waals surface area contributed by atoms with Crippen LogP contribution in [0.2, 0.25) is 0 Å². The van der Waals surface area contributed by atoms with Crippen LogP contribution in [0, 0.1) is 5.92 Å². The molecule has 0 saturated carbocycles. The van der Waals surface area contributed by atoms with Crippen LogP contribution in [-0.2, 0) is 4.79 Å². The Balaban J connectivity index is 2.05. The van der Waals surface area contributed by atoms with Gasteiger partial charge in [-0.3, -0.25) is 4.79 Å². The van der Waals surface area contributed by atoms with Gasteiger partial charge in [0, 0.05) is 31.2 Å². The van der Waals surface area contributed by atoms with Crippen molar-refractivity contribution in [2.24, 2.45) is 17.4 Å². The maximum atomic E-state index is 11.0. The average molecular weight is 275 g/mol. The van der Waals surface area contributed by atoms with E-state index in [2.05, 4.69) is 30.0 Å². The third-order valence-corrected chi connectivity index (χ3v) is 4.22. The van der Waals surface area contributed by atoms with Crippen LogP contribution in [0.3, 0.4) is 0 Å². The van der Waals surface area contributed by atoms with E-state index < -0.39 is 0 Å². The van der Waals surface area contributed by atoms with Gasteiger partial charge in [0.2, 0.25) is 5.91 Å². The molecule has 0 spiro atoms. The standard InChI is InChI=1S/C16H25N3O/c1-2-14(17)13-5-3-4-6-15(13)19-9-7-12(8-10-19)11-16(18)20/h3-6,12,14H,2,7-11,17H2,1H3,(H2,18,20)/t14-/m1/s1. The van der Waals surface area contributed by atoms with Crippen LogP contribution in [0.5, 0.6) is 0 Å². The number of rotatable bonds is 5. The highest BCUT2D eigenvalue weighted by atomic mass is 16.1. The zero-order valence-electron chi connectivity index (χ0n) is 12.2. The fourth-order valence-corrected chi connectivity index (χ4v) is 2.97. The number of hydrogen-bond donors (Lipinski definition) is 2. The quantitative estimate of drug-likeness (QED) is 0.865. The molecule has 1 aliphatic rings. The van der Waals surface area contributed by atoms with E-state index in [-0.39, 0.29) is 11.9 Å². The number of primary amides is 1. The van der Waals surface area contributed by atoms with Crippen molar-refractivity contribution in [3.8, 4) is 0 Å². The van der Waals surface area contributed by atoms with E-state index in [0.717, 1.165) is 32.4 Å². The van der Waals surface area contributed by atoms with Crippen LogP contribution >= 0.6 is 0 Å². The van der Waals surface area contributed by atoms with Crippen molar-refractivity contribution in [2.45, 2.75) is 38.6 Å². The van der Waals surface area contributed by atoms with Crippen molar-refractivity contribution in [2.75, 3.05) is 18.0 Å². The molecule has 4 N–H and O–H groups in total. The van der Waals surface area contributed by atoms with E-state index in [1.807, 2.05) is 6.07 Å². The summed E-state index contributed by atoms with van der Waals surface area (Å²) < 4.78 is 0. The Bertz CT molecular complexity index is 453. The lowest BCUT2D eigenvalue weighted by atomic mass is 9.92. The highest BCUT2D eigenvalue weighted by Gasteiger charge is 2.22. The molecule has 1 amide bonds. The molecular weight excluding hydrogens is 250 g/mol. The van der Waals surface area contributed by atoms with Gasteiger partial charge in [-0.05, 0) is 36.8 Å². The Labute approximate surface area is 121 Å². The summed E-state index contributed by atoms with van der Waals surface area (Å²) in [5.41, 5.74) is 14.0. The van der Waals surface area contributed by atoms with Gasteiger partial charge in [0.15, 0.2) is 0 Å². The number of carbonyl (C=O) groups is 1. The molecule has 1 fully saturated rings.